The Labute approximate surface area is 125 Å². The van der Waals surface area contributed by atoms with Crippen LogP contribution in [0.25, 0.3) is 0 Å². The molecular formula is C13H11Cl2NO4. The van der Waals surface area contributed by atoms with Crippen molar-refractivity contribution in [3.05, 3.63) is 45.3 Å². The highest BCUT2D eigenvalue weighted by atomic mass is 35.5. The van der Waals surface area contributed by atoms with Crippen LogP contribution >= 0.6 is 23.2 Å². The van der Waals surface area contributed by atoms with Crippen molar-refractivity contribution in [1.82, 2.24) is 5.16 Å². The zero-order valence-corrected chi connectivity index (χ0v) is 12.1. The van der Waals surface area contributed by atoms with Gasteiger partial charge in [-0.1, -0.05) is 28.4 Å². The van der Waals surface area contributed by atoms with Crippen molar-refractivity contribution < 1.29 is 18.8 Å². The van der Waals surface area contributed by atoms with Crippen molar-refractivity contribution in [3.63, 3.8) is 0 Å². The molecule has 0 saturated carbocycles. The third-order valence-electron chi connectivity index (χ3n) is 2.42. The van der Waals surface area contributed by atoms with Gasteiger partial charge >= 0.3 is 0 Å². The van der Waals surface area contributed by atoms with Gasteiger partial charge in [-0.3, -0.25) is 4.79 Å². The van der Waals surface area contributed by atoms with Crippen LogP contribution in [0.5, 0.6) is 5.75 Å². The molecule has 0 fully saturated rings. The number of carbonyl (C=O) groups is 1. The molecule has 0 aliphatic carbocycles. The van der Waals surface area contributed by atoms with Crippen molar-refractivity contribution in [2.45, 2.75) is 13.2 Å². The van der Waals surface area contributed by atoms with Gasteiger partial charge in [-0.15, -0.1) is 0 Å². The maximum Gasteiger partial charge on any atom is 0.162 e. The summed E-state index contributed by atoms with van der Waals surface area (Å²) < 4.78 is 15.4. The number of carbonyl (C=O) groups excluding carboxylic acids is 1. The summed E-state index contributed by atoms with van der Waals surface area (Å²) in [5.41, 5.74) is 0.850. The second-order valence-corrected chi connectivity index (χ2v) is 4.77. The van der Waals surface area contributed by atoms with E-state index in [1.807, 2.05) is 0 Å². The third kappa shape index (κ3) is 3.50. The molecule has 7 heteroatoms. The Bertz CT molecular complexity index is 612. The summed E-state index contributed by atoms with van der Waals surface area (Å²) in [5, 5.41) is 4.45. The molecule has 2 rings (SSSR count). The second-order valence-electron chi connectivity index (χ2n) is 3.93. The van der Waals surface area contributed by atoms with Gasteiger partial charge in [0.1, 0.15) is 24.7 Å². The van der Waals surface area contributed by atoms with Gasteiger partial charge in [0.15, 0.2) is 12.0 Å². The van der Waals surface area contributed by atoms with E-state index in [1.54, 1.807) is 13.2 Å². The molecule has 20 heavy (non-hydrogen) atoms. The Kier molecular flexibility index (Phi) is 5.00. The van der Waals surface area contributed by atoms with Crippen LogP contribution in [0.3, 0.4) is 0 Å². The molecule has 0 unspecified atom stereocenters. The van der Waals surface area contributed by atoms with Crippen molar-refractivity contribution in [2.24, 2.45) is 0 Å². The molecule has 0 aliphatic rings. The first-order valence-corrected chi connectivity index (χ1v) is 6.40. The first kappa shape index (κ1) is 14.8. The predicted octanol–water partition coefficient (Wildman–Crippen LogP) is 3.52. The molecule has 0 saturated heterocycles. The first-order valence-electron chi connectivity index (χ1n) is 5.64. The monoisotopic (exact) mass is 315 g/mol. The van der Waals surface area contributed by atoms with E-state index in [1.165, 1.54) is 12.1 Å². The van der Waals surface area contributed by atoms with Gasteiger partial charge in [0, 0.05) is 18.2 Å². The van der Waals surface area contributed by atoms with Crippen LogP contribution in [0.1, 0.15) is 21.8 Å². The van der Waals surface area contributed by atoms with Crippen molar-refractivity contribution in [1.29, 1.82) is 0 Å². The number of aldehydes is 1. The average Bonchev–Trinajstić information content (AvgIpc) is 2.85. The number of aromatic nitrogens is 1. The van der Waals surface area contributed by atoms with Crippen molar-refractivity contribution in [2.75, 3.05) is 7.11 Å². The number of rotatable bonds is 6. The molecule has 0 spiro atoms. The molecular weight excluding hydrogens is 305 g/mol. The maximum atomic E-state index is 11.0. The number of hydrogen-bond acceptors (Lipinski definition) is 5. The SMILES string of the molecule is COCc1cc(COc2c(Cl)cc(Cl)cc2C=O)no1. The Morgan fingerprint density at radius 3 is 2.80 bits per heavy atom. The maximum absolute atomic E-state index is 11.0. The molecule has 1 heterocycles. The van der Waals surface area contributed by atoms with E-state index in [4.69, 9.17) is 37.2 Å². The summed E-state index contributed by atoms with van der Waals surface area (Å²) in [4.78, 5) is 11.0. The minimum absolute atomic E-state index is 0.120. The minimum atomic E-state index is 0.120. The Balaban J connectivity index is 2.11. The first-order chi connectivity index (χ1) is 9.63. The van der Waals surface area contributed by atoms with Gasteiger partial charge in [0.25, 0.3) is 0 Å². The van der Waals surface area contributed by atoms with Crippen LogP contribution in [-0.2, 0) is 18.0 Å². The lowest BCUT2D eigenvalue weighted by Crippen LogP contribution is -1.99. The van der Waals surface area contributed by atoms with Crippen LogP contribution in [0.15, 0.2) is 22.7 Å². The fourth-order valence-corrected chi connectivity index (χ4v) is 2.16. The van der Waals surface area contributed by atoms with E-state index in [-0.39, 0.29) is 22.9 Å². The second kappa shape index (κ2) is 6.74. The van der Waals surface area contributed by atoms with Gasteiger partial charge in [0.05, 0.1) is 10.6 Å². The molecule has 0 N–H and O–H groups in total. The molecule has 1 aromatic heterocycles. The quantitative estimate of drug-likeness (QED) is 0.763. The Hall–Kier alpha value is -1.56. The number of nitrogens with zero attached hydrogens (tertiary/aromatic N) is 1. The molecule has 0 aliphatic heterocycles. The third-order valence-corrected chi connectivity index (χ3v) is 2.92. The Morgan fingerprint density at radius 2 is 2.10 bits per heavy atom. The molecule has 0 bridgehead atoms. The van der Waals surface area contributed by atoms with Crippen LogP contribution in [0, 0.1) is 0 Å². The molecule has 0 amide bonds. The lowest BCUT2D eigenvalue weighted by Gasteiger charge is -2.09. The predicted molar refractivity (Wildman–Crippen MR) is 73.4 cm³/mol. The summed E-state index contributed by atoms with van der Waals surface area (Å²) in [7, 11) is 1.56. The average molecular weight is 316 g/mol. The summed E-state index contributed by atoms with van der Waals surface area (Å²) in [6.45, 7) is 0.448. The normalized spacial score (nSPS) is 10.6. The van der Waals surface area contributed by atoms with Crippen LogP contribution < -0.4 is 4.74 Å². The number of hydrogen-bond donors (Lipinski definition) is 0. The van der Waals surface area contributed by atoms with Crippen LogP contribution in [0.2, 0.25) is 10.0 Å². The lowest BCUT2D eigenvalue weighted by atomic mass is 10.2. The molecule has 2 aromatic rings. The highest BCUT2D eigenvalue weighted by Crippen LogP contribution is 2.32. The van der Waals surface area contributed by atoms with Gasteiger partial charge in [-0.05, 0) is 12.1 Å². The summed E-state index contributed by atoms with van der Waals surface area (Å²) in [6, 6.07) is 4.69. The van der Waals surface area contributed by atoms with E-state index in [0.717, 1.165) is 0 Å². The smallest absolute Gasteiger partial charge is 0.162 e. The highest BCUT2D eigenvalue weighted by molar-refractivity contribution is 6.36. The van der Waals surface area contributed by atoms with E-state index >= 15 is 0 Å². The highest BCUT2D eigenvalue weighted by Gasteiger charge is 2.12. The summed E-state index contributed by atoms with van der Waals surface area (Å²) >= 11 is 11.8. The number of benzene rings is 1. The van der Waals surface area contributed by atoms with Gasteiger partial charge < -0.3 is 14.0 Å². The fraction of sp³-hybridized carbons (Fsp3) is 0.231. The van der Waals surface area contributed by atoms with E-state index in [0.29, 0.717) is 29.4 Å². The molecule has 5 nitrogen and oxygen atoms in total. The van der Waals surface area contributed by atoms with Gasteiger partial charge in [-0.25, -0.2) is 0 Å². The Morgan fingerprint density at radius 1 is 1.30 bits per heavy atom. The van der Waals surface area contributed by atoms with E-state index in [9.17, 15) is 4.79 Å². The van der Waals surface area contributed by atoms with Crippen molar-refractivity contribution >= 4 is 29.5 Å². The number of ether oxygens (including phenoxy) is 2. The number of halogens is 2. The number of methoxy groups -OCH3 is 1. The van der Waals surface area contributed by atoms with Gasteiger partial charge in [0.2, 0.25) is 0 Å². The van der Waals surface area contributed by atoms with Gasteiger partial charge in [-0.2, -0.15) is 0 Å². The summed E-state index contributed by atoms with van der Waals surface area (Å²) in [5.74, 6) is 0.853. The van der Waals surface area contributed by atoms with Crippen molar-refractivity contribution in [3.8, 4) is 5.75 Å². The molecule has 0 atom stereocenters. The van der Waals surface area contributed by atoms with E-state index in [2.05, 4.69) is 5.16 Å². The van der Waals surface area contributed by atoms with Crippen LogP contribution in [-0.4, -0.2) is 18.6 Å². The zero-order valence-electron chi connectivity index (χ0n) is 10.6. The van der Waals surface area contributed by atoms with E-state index < -0.39 is 0 Å². The molecule has 0 radical (unpaired) electrons. The fourth-order valence-electron chi connectivity index (χ4n) is 1.60. The largest absolute Gasteiger partial charge is 0.485 e. The summed E-state index contributed by atoms with van der Waals surface area (Å²) in [6.07, 6.45) is 0.631. The molecule has 1 aromatic carbocycles. The minimum Gasteiger partial charge on any atom is -0.485 e. The standard InChI is InChI=1S/C13H11Cl2NO4/c1-18-7-11-4-10(16-20-11)6-19-13-8(5-17)2-9(14)3-12(13)15/h2-5H,6-7H2,1H3. The zero-order chi connectivity index (χ0) is 14.5. The van der Waals surface area contributed by atoms with Crippen LogP contribution in [0.4, 0.5) is 0 Å². The lowest BCUT2D eigenvalue weighted by molar-refractivity contribution is 0.111. The molecule has 106 valence electrons. The topological polar surface area (TPSA) is 61.6 Å².